The van der Waals surface area contributed by atoms with E-state index in [0.29, 0.717) is 0 Å². The number of benzene rings is 9. The van der Waals surface area contributed by atoms with Crippen LogP contribution in [0.4, 0.5) is 28.4 Å². The summed E-state index contributed by atoms with van der Waals surface area (Å²) in [6.07, 6.45) is 0. The molecule has 5 heterocycles. The lowest BCUT2D eigenvalue weighted by Gasteiger charge is -2.41. The molecule has 12 aromatic rings. The highest BCUT2D eigenvalue weighted by molar-refractivity contribution is 6.93. The summed E-state index contributed by atoms with van der Waals surface area (Å²) in [5.74, 6) is 0. The maximum atomic E-state index is 7.44. The summed E-state index contributed by atoms with van der Waals surface area (Å²) < 4.78 is 16.6. The molecule has 6 heteroatoms. The summed E-state index contributed by atoms with van der Waals surface area (Å²) in [6.45, 7) is 18.3. The van der Waals surface area contributed by atoms with Gasteiger partial charge in [-0.25, -0.2) is 0 Å². The molecule has 9 aromatic carbocycles. The molecule has 0 bridgehead atoms. The van der Waals surface area contributed by atoms with Crippen molar-refractivity contribution in [1.29, 1.82) is 0 Å². The van der Waals surface area contributed by atoms with E-state index in [1.165, 1.54) is 71.9 Å². The molecule has 2 aliphatic heterocycles. The van der Waals surface area contributed by atoms with Crippen molar-refractivity contribution in [2.45, 2.75) is 71.6 Å². The van der Waals surface area contributed by atoms with Gasteiger partial charge in [0.2, 0.25) is 0 Å². The molecule has 15 rings (SSSR count). The molecule has 0 amide bonds. The van der Waals surface area contributed by atoms with Crippen LogP contribution in [0, 0.1) is 0 Å². The quantitative estimate of drug-likeness (QED) is 0.165. The molecule has 5 nitrogen and oxygen atoms in total. The first-order chi connectivity index (χ1) is 35.2. The molecule has 0 radical (unpaired) electrons. The van der Waals surface area contributed by atoms with Gasteiger partial charge in [0.15, 0.2) is 0 Å². The number of hydrogen-bond donors (Lipinski definition) is 0. The molecule has 0 saturated carbocycles. The van der Waals surface area contributed by atoms with Crippen LogP contribution < -0.4 is 20.8 Å². The Labute approximate surface area is 426 Å². The van der Waals surface area contributed by atoms with E-state index in [0.717, 1.165) is 72.5 Å². The van der Waals surface area contributed by atoms with Gasteiger partial charge in [-0.2, -0.15) is 0 Å². The third kappa shape index (κ3) is 5.86. The molecular formula is C67H54BN3O2. The molecular weight excluding hydrogens is 890 g/mol. The van der Waals surface area contributed by atoms with Crippen molar-refractivity contribution in [3.8, 4) is 27.9 Å². The first-order valence-electron chi connectivity index (χ1n) is 25.9. The number of anilines is 5. The summed E-state index contributed by atoms with van der Waals surface area (Å²) in [5, 5.41) is 5.81. The molecule has 3 aliphatic rings. The number of para-hydroxylation sites is 3. The molecule has 0 fully saturated rings. The second-order valence-electron chi connectivity index (χ2n) is 23.3. The van der Waals surface area contributed by atoms with E-state index in [2.05, 4.69) is 252 Å². The van der Waals surface area contributed by atoms with E-state index in [-0.39, 0.29) is 23.1 Å². The third-order valence-corrected chi connectivity index (χ3v) is 16.6. The predicted molar refractivity (Wildman–Crippen MR) is 307 cm³/mol. The Kier molecular flexibility index (Phi) is 8.42. The smallest absolute Gasteiger partial charge is 0.375 e. The zero-order chi connectivity index (χ0) is 49.4. The summed E-state index contributed by atoms with van der Waals surface area (Å²) in [4.78, 5) is 5.00. The zero-order valence-electron chi connectivity index (χ0n) is 42.6. The molecule has 0 N–H and O–H groups in total. The van der Waals surface area contributed by atoms with Gasteiger partial charge in [0, 0.05) is 72.4 Å². The third-order valence-electron chi connectivity index (χ3n) is 16.6. The van der Waals surface area contributed by atoms with Gasteiger partial charge >= 0.3 is 6.85 Å². The maximum absolute atomic E-state index is 7.44. The first-order valence-corrected chi connectivity index (χ1v) is 25.9. The van der Waals surface area contributed by atoms with Crippen molar-refractivity contribution in [3.63, 3.8) is 0 Å². The standard InChI is InChI=1S/C67H54BN3O2/c1-65(2,3)39-23-26-43(27-24-39)71-57-37-55-49(48-34-44(28-31-54(48)67(55,7)8)69(41-17-11-9-12-18-41)42-19-13-10-14-20-42)35-50(57)46-29-30-47-51-36-52-45-21-15-16-22-58(45)72-60(52)38-56(51)70-62(47)61(46)68(71)64-63(70)53-33-40(66(4,5)6)25-32-59(53)73-64/h9-38H,1-8H3. The van der Waals surface area contributed by atoms with E-state index >= 15 is 0 Å². The van der Waals surface area contributed by atoms with Crippen molar-refractivity contribution in [2.24, 2.45) is 0 Å². The molecule has 3 aromatic heterocycles. The van der Waals surface area contributed by atoms with Gasteiger partial charge in [-0.3, -0.25) is 0 Å². The highest BCUT2D eigenvalue weighted by Crippen LogP contribution is 2.56. The minimum absolute atomic E-state index is 0.00384. The molecule has 1 aliphatic carbocycles. The summed E-state index contributed by atoms with van der Waals surface area (Å²) >= 11 is 0. The Morgan fingerprint density at radius 3 is 1.86 bits per heavy atom. The predicted octanol–water partition coefficient (Wildman–Crippen LogP) is 17.0. The van der Waals surface area contributed by atoms with Crippen molar-refractivity contribution in [1.82, 2.24) is 4.57 Å². The van der Waals surface area contributed by atoms with Gasteiger partial charge in [-0.1, -0.05) is 146 Å². The maximum Gasteiger partial charge on any atom is 0.375 e. The van der Waals surface area contributed by atoms with Crippen LogP contribution >= 0.6 is 0 Å². The van der Waals surface area contributed by atoms with Gasteiger partial charge in [0.05, 0.1) is 16.7 Å². The molecule has 0 saturated heterocycles. The number of furan rings is 2. The highest BCUT2D eigenvalue weighted by Gasteiger charge is 2.49. The summed E-state index contributed by atoms with van der Waals surface area (Å²) in [5.41, 5.74) is 23.9. The lowest BCUT2D eigenvalue weighted by Crippen LogP contribution is -2.60. The topological polar surface area (TPSA) is 37.7 Å². The fourth-order valence-electron chi connectivity index (χ4n) is 12.9. The number of fused-ring (bicyclic) bond motifs is 16. The number of rotatable bonds is 4. The highest BCUT2D eigenvalue weighted by atomic mass is 16.3. The molecule has 352 valence electrons. The van der Waals surface area contributed by atoms with E-state index < -0.39 is 0 Å². The normalized spacial score (nSPS) is 14.4. The fraction of sp³-hybridized carbons (Fsp3) is 0.164. The van der Waals surface area contributed by atoms with Crippen LogP contribution in [0.15, 0.2) is 191 Å². The molecule has 0 unspecified atom stereocenters. The Hall–Kier alpha value is -8.22. The number of hydrogen-bond acceptors (Lipinski definition) is 4. The van der Waals surface area contributed by atoms with Crippen LogP contribution in [0.3, 0.4) is 0 Å². The number of nitrogens with zero attached hydrogens (tertiary/aromatic N) is 3. The zero-order valence-corrected chi connectivity index (χ0v) is 42.6. The van der Waals surface area contributed by atoms with Crippen LogP contribution in [0.5, 0.6) is 0 Å². The fourth-order valence-corrected chi connectivity index (χ4v) is 12.9. The number of aromatic nitrogens is 1. The Morgan fingerprint density at radius 2 is 1.14 bits per heavy atom. The van der Waals surface area contributed by atoms with Crippen molar-refractivity contribution < 1.29 is 8.83 Å². The van der Waals surface area contributed by atoms with Crippen molar-refractivity contribution >= 4 is 101 Å². The SMILES string of the molecule is CC(C)(C)c1ccc(N2B3c4oc5ccc(C(C)(C)C)cc5c4-n4c5cc6oc7ccccc7c6cc5c5ccc(c3c54)-c3cc4c(cc32)C(C)(C)c2ccc(N(c3ccccc3)c3ccccc3)cc2-4)cc1. The van der Waals surface area contributed by atoms with Gasteiger partial charge in [-0.15, -0.1) is 0 Å². The Balaban J connectivity index is 1.05. The largest absolute Gasteiger partial charge is 0.466 e. The average Bonchev–Trinajstić information content (AvgIpc) is 4.11. The first kappa shape index (κ1) is 42.5. The molecule has 0 atom stereocenters. The van der Waals surface area contributed by atoms with E-state index in [9.17, 15) is 0 Å². The average molecular weight is 944 g/mol. The Morgan fingerprint density at radius 1 is 0.466 bits per heavy atom. The minimum Gasteiger partial charge on any atom is -0.466 e. The van der Waals surface area contributed by atoms with E-state index in [1.54, 1.807) is 0 Å². The van der Waals surface area contributed by atoms with Gasteiger partial charge < -0.3 is 23.1 Å². The van der Waals surface area contributed by atoms with Gasteiger partial charge in [-0.05, 0) is 140 Å². The van der Waals surface area contributed by atoms with Crippen LogP contribution in [0.2, 0.25) is 0 Å². The van der Waals surface area contributed by atoms with E-state index in [4.69, 9.17) is 8.83 Å². The molecule has 73 heavy (non-hydrogen) atoms. The monoisotopic (exact) mass is 943 g/mol. The van der Waals surface area contributed by atoms with Crippen LogP contribution in [-0.2, 0) is 16.2 Å². The van der Waals surface area contributed by atoms with E-state index in [1.807, 2.05) is 0 Å². The Bertz CT molecular complexity index is 4270. The minimum atomic E-state index is -0.275. The van der Waals surface area contributed by atoms with Crippen molar-refractivity contribution in [2.75, 3.05) is 9.71 Å². The second kappa shape index (κ2) is 14.5. The lowest BCUT2D eigenvalue weighted by molar-refractivity contribution is 0.590. The second-order valence-corrected chi connectivity index (χ2v) is 23.3. The van der Waals surface area contributed by atoms with Crippen LogP contribution in [0.1, 0.15) is 77.6 Å². The summed E-state index contributed by atoms with van der Waals surface area (Å²) in [7, 11) is 0. The molecule has 0 spiro atoms. The van der Waals surface area contributed by atoms with Crippen LogP contribution in [-0.4, -0.2) is 11.4 Å². The van der Waals surface area contributed by atoms with Gasteiger partial charge in [0.1, 0.15) is 22.4 Å². The van der Waals surface area contributed by atoms with Gasteiger partial charge in [0.25, 0.3) is 0 Å². The lowest BCUT2D eigenvalue weighted by atomic mass is 9.46. The van der Waals surface area contributed by atoms with Crippen molar-refractivity contribution in [3.05, 3.63) is 204 Å². The summed E-state index contributed by atoms with van der Waals surface area (Å²) in [6, 6.07) is 67.7. The van der Waals surface area contributed by atoms with Crippen LogP contribution in [0.25, 0.3) is 82.7 Å².